The van der Waals surface area contributed by atoms with Crippen LogP contribution in [0.2, 0.25) is 0 Å². The van der Waals surface area contributed by atoms with Gasteiger partial charge in [0, 0.05) is 48.2 Å². The van der Waals surface area contributed by atoms with Gasteiger partial charge in [-0.3, -0.25) is 0 Å². The van der Waals surface area contributed by atoms with Crippen molar-refractivity contribution >= 4 is 15.8 Å². The molecule has 4 rings (SSSR count). The van der Waals surface area contributed by atoms with Gasteiger partial charge in [-0.1, -0.05) is 12.1 Å². The Morgan fingerprint density at radius 3 is 2.32 bits per heavy atom. The average Bonchev–Trinajstić information content (AvgIpc) is 2.80. The summed E-state index contributed by atoms with van der Waals surface area (Å²) in [4.78, 5) is 11.3. The van der Waals surface area contributed by atoms with E-state index < -0.39 is 10.0 Å². The highest BCUT2D eigenvalue weighted by atomic mass is 32.2. The Morgan fingerprint density at radius 1 is 1.00 bits per heavy atom. The number of rotatable bonds is 6. The molecule has 3 heterocycles. The van der Waals surface area contributed by atoms with Crippen LogP contribution in [0.1, 0.15) is 0 Å². The van der Waals surface area contributed by atoms with Crippen molar-refractivity contribution in [3.8, 4) is 28.1 Å². The maximum atomic E-state index is 12.6. The zero-order valence-electron chi connectivity index (χ0n) is 17.0. The third-order valence-corrected chi connectivity index (χ3v) is 6.32. The SMILES string of the molecule is COc1ccc(-c2cc(-c3ccc(S(=O)(=O)NN4CCOCC4)cc3)cnc2N)cn1. The standard InChI is InChI=1S/C21H23N5O4S/c1-29-20-7-4-16(13-23-20)19-12-17(14-24-21(19)22)15-2-5-18(6-3-15)31(27,28)25-26-8-10-30-11-9-26/h2-7,12-14,25H,8-11H2,1H3,(H2,22,24). The van der Waals surface area contributed by atoms with E-state index in [0.717, 1.165) is 22.3 Å². The molecular formula is C21H23N5O4S. The second-order valence-corrected chi connectivity index (χ2v) is 8.63. The van der Waals surface area contributed by atoms with Crippen molar-refractivity contribution in [2.75, 3.05) is 39.1 Å². The van der Waals surface area contributed by atoms with Gasteiger partial charge < -0.3 is 15.2 Å². The lowest BCUT2D eigenvalue weighted by Crippen LogP contribution is -2.48. The van der Waals surface area contributed by atoms with Gasteiger partial charge in [0.25, 0.3) is 10.0 Å². The third-order valence-electron chi connectivity index (χ3n) is 4.93. The van der Waals surface area contributed by atoms with Gasteiger partial charge in [0.2, 0.25) is 5.88 Å². The van der Waals surface area contributed by atoms with E-state index in [1.807, 2.05) is 12.1 Å². The van der Waals surface area contributed by atoms with Gasteiger partial charge in [0.15, 0.2) is 0 Å². The summed E-state index contributed by atoms with van der Waals surface area (Å²) in [6.07, 6.45) is 3.33. The first-order chi connectivity index (χ1) is 15.0. The molecule has 1 saturated heterocycles. The highest BCUT2D eigenvalue weighted by molar-refractivity contribution is 7.89. The molecule has 1 aromatic carbocycles. The molecule has 2 aromatic heterocycles. The first kappa shape index (κ1) is 21.2. The number of hydrogen-bond acceptors (Lipinski definition) is 8. The number of nitrogen functional groups attached to an aromatic ring is 1. The van der Waals surface area contributed by atoms with Gasteiger partial charge in [-0.2, -0.15) is 0 Å². The minimum absolute atomic E-state index is 0.186. The lowest BCUT2D eigenvalue weighted by Gasteiger charge is -2.26. The predicted octanol–water partition coefficient (Wildman–Crippen LogP) is 1.93. The minimum Gasteiger partial charge on any atom is -0.481 e. The predicted molar refractivity (Wildman–Crippen MR) is 117 cm³/mol. The number of aromatic nitrogens is 2. The molecule has 0 unspecified atom stereocenters. The van der Waals surface area contributed by atoms with Gasteiger partial charge >= 0.3 is 0 Å². The van der Waals surface area contributed by atoms with E-state index in [0.29, 0.717) is 38.0 Å². The highest BCUT2D eigenvalue weighted by Gasteiger charge is 2.20. The van der Waals surface area contributed by atoms with Gasteiger partial charge in [0.05, 0.1) is 25.2 Å². The largest absolute Gasteiger partial charge is 0.481 e. The zero-order valence-corrected chi connectivity index (χ0v) is 17.8. The molecule has 0 amide bonds. The maximum absolute atomic E-state index is 12.6. The van der Waals surface area contributed by atoms with Gasteiger partial charge in [-0.15, -0.1) is 4.83 Å². The van der Waals surface area contributed by atoms with E-state index in [4.69, 9.17) is 15.2 Å². The molecule has 3 aromatic rings. The van der Waals surface area contributed by atoms with E-state index in [9.17, 15) is 8.42 Å². The number of pyridine rings is 2. The van der Waals surface area contributed by atoms with Crippen LogP contribution in [-0.4, -0.2) is 56.8 Å². The fraction of sp³-hybridized carbons (Fsp3) is 0.238. The topological polar surface area (TPSA) is 120 Å². The number of nitrogens with one attached hydrogen (secondary N) is 1. The molecule has 31 heavy (non-hydrogen) atoms. The first-order valence-electron chi connectivity index (χ1n) is 9.68. The van der Waals surface area contributed by atoms with Crippen LogP contribution in [0.25, 0.3) is 22.3 Å². The van der Waals surface area contributed by atoms with Gasteiger partial charge in [-0.25, -0.2) is 23.4 Å². The Balaban J connectivity index is 1.57. The van der Waals surface area contributed by atoms with Crippen molar-refractivity contribution in [2.24, 2.45) is 0 Å². The van der Waals surface area contributed by atoms with E-state index in [1.165, 1.54) is 0 Å². The summed E-state index contributed by atoms with van der Waals surface area (Å²) >= 11 is 0. The number of hydrogen-bond donors (Lipinski definition) is 2. The number of hydrazine groups is 1. The fourth-order valence-corrected chi connectivity index (χ4v) is 4.35. The molecule has 1 fully saturated rings. The normalized spacial score (nSPS) is 15.0. The monoisotopic (exact) mass is 441 g/mol. The van der Waals surface area contributed by atoms with Crippen molar-refractivity contribution in [3.05, 3.63) is 54.9 Å². The Kier molecular flexibility index (Phi) is 6.14. The summed E-state index contributed by atoms with van der Waals surface area (Å²) in [6.45, 7) is 2.02. The van der Waals surface area contributed by atoms with Crippen LogP contribution in [0, 0.1) is 0 Å². The number of methoxy groups -OCH3 is 1. The van der Waals surface area contributed by atoms with Crippen molar-refractivity contribution < 1.29 is 17.9 Å². The first-order valence-corrected chi connectivity index (χ1v) is 11.2. The summed E-state index contributed by atoms with van der Waals surface area (Å²) in [5, 5.41) is 1.64. The number of sulfonamides is 1. The molecule has 9 nitrogen and oxygen atoms in total. The van der Waals surface area contributed by atoms with Crippen LogP contribution < -0.4 is 15.3 Å². The van der Waals surface area contributed by atoms with E-state index in [1.54, 1.807) is 54.8 Å². The smallest absolute Gasteiger partial charge is 0.253 e. The molecule has 1 aliphatic rings. The van der Waals surface area contributed by atoms with Crippen molar-refractivity contribution in [1.82, 2.24) is 19.8 Å². The third kappa shape index (κ3) is 4.83. The number of anilines is 1. The Morgan fingerprint density at radius 2 is 1.68 bits per heavy atom. The lowest BCUT2D eigenvalue weighted by atomic mass is 10.0. The van der Waals surface area contributed by atoms with Crippen molar-refractivity contribution in [1.29, 1.82) is 0 Å². The average molecular weight is 442 g/mol. The van der Waals surface area contributed by atoms with E-state index >= 15 is 0 Å². The fourth-order valence-electron chi connectivity index (χ4n) is 3.23. The second-order valence-electron chi connectivity index (χ2n) is 6.96. The van der Waals surface area contributed by atoms with Crippen LogP contribution in [-0.2, 0) is 14.8 Å². The molecule has 3 N–H and O–H groups in total. The summed E-state index contributed by atoms with van der Waals surface area (Å²) in [7, 11) is -2.10. The Bertz CT molecular complexity index is 1150. The summed E-state index contributed by atoms with van der Waals surface area (Å²) < 4.78 is 35.6. The molecule has 0 aliphatic carbocycles. The van der Waals surface area contributed by atoms with Crippen molar-refractivity contribution in [2.45, 2.75) is 4.90 Å². The Labute approximate surface area is 180 Å². The van der Waals surface area contributed by atoms with Crippen LogP contribution in [0.5, 0.6) is 5.88 Å². The van der Waals surface area contributed by atoms with Gasteiger partial charge in [0.1, 0.15) is 5.82 Å². The molecule has 0 atom stereocenters. The van der Waals surface area contributed by atoms with Crippen molar-refractivity contribution in [3.63, 3.8) is 0 Å². The van der Waals surface area contributed by atoms with Gasteiger partial charge in [-0.05, 0) is 29.8 Å². The Hall–Kier alpha value is -3.05. The minimum atomic E-state index is -3.66. The summed E-state index contributed by atoms with van der Waals surface area (Å²) in [5.74, 6) is 0.888. The second kappa shape index (κ2) is 8.98. The molecular weight excluding hydrogens is 418 g/mol. The zero-order chi connectivity index (χ0) is 21.8. The van der Waals surface area contributed by atoms with E-state index in [2.05, 4.69) is 14.8 Å². The van der Waals surface area contributed by atoms with Crippen LogP contribution in [0.3, 0.4) is 0 Å². The molecule has 1 aliphatic heterocycles. The lowest BCUT2D eigenvalue weighted by molar-refractivity contribution is 0.0272. The summed E-state index contributed by atoms with van der Waals surface area (Å²) in [5.41, 5.74) is 9.24. The number of benzene rings is 1. The number of nitrogens with zero attached hydrogens (tertiary/aromatic N) is 3. The quantitative estimate of drug-likeness (QED) is 0.595. The molecule has 0 radical (unpaired) electrons. The van der Waals surface area contributed by atoms with Crippen LogP contribution >= 0.6 is 0 Å². The highest BCUT2D eigenvalue weighted by Crippen LogP contribution is 2.30. The molecule has 0 bridgehead atoms. The number of nitrogens with two attached hydrogens (primary N) is 1. The van der Waals surface area contributed by atoms with Crippen LogP contribution in [0.4, 0.5) is 5.82 Å². The molecule has 0 saturated carbocycles. The maximum Gasteiger partial charge on any atom is 0.253 e. The van der Waals surface area contributed by atoms with E-state index in [-0.39, 0.29) is 4.90 Å². The van der Waals surface area contributed by atoms with Crippen LogP contribution in [0.15, 0.2) is 59.8 Å². The molecule has 10 heteroatoms. The number of morpholine rings is 1. The molecule has 162 valence electrons. The summed E-state index contributed by atoms with van der Waals surface area (Å²) in [6, 6.07) is 12.2. The molecule has 0 spiro atoms. The number of ether oxygens (including phenoxy) is 2.